The Hall–Kier alpha value is -1.79. The van der Waals surface area contributed by atoms with Gasteiger partial charge in [0.25, 0.3) is 0 Å². The number of rotatable bonds is 12. The van der Waals surface area contributed by atoms with E-state index in [-0.39, 0.29) is 11.9 Å². The number of amides is 1. The van der Waals surface area contributed by atoms with E-state index in [9.17, 15) is 9.90 Å². The number of likely N-dealkylation sites (tertiary alicyclic amines) is 1. The minimum absolute atomic E-state index is 0.0313. The van der Waals surface area contributed by atoms with Crippen LogP contribution in [0.2, 0.25) is 0 Å². The molecule has 0 bridgehead atoms. The molecule has 1 aromatic rings. The van der Waals surface area contributed by atoms with Crippen molar-refractivity contribution in [2.24, 2.45) is 5.92 Å². The first-order valence-corrected chi connectivity index (χ1v) is 12.2. The zero-order valence-electron chi connectivity index (χ0n) is 19.3. The normalized spacial score (nSPS) is 19.1. The highest BCUT2D eigenvalue weighted by Gasteiger charge is 2.28. The van der Waals surface area contributed by atoms with Gasteiger partial charge in [0.1, 0.15) is 19.3 Å². The molecule has 0 aromatic heterocycles. The molecule has 6 heteroatoms. The van der Waals surface area contributed by atoms with Crippen molar-refractivity contribution in [3.8, 4) is 11.5 Å². The molecule has 2 aliphatic rings. The molecule has 6 nitrogen and oxygen atoms in total. The number of carbonyl (C=O) groups excluding carboxylic acids is 1. The lowest BCUT2D eigenvalue weighted by molar-refractivity contribution is -0.123. The number of aliphatic hydroxyl groups excluding tert-OH is 1. The maximum Gasteiger partial charge on any atom is 0.220 e. The third-order valence-electron chi connectivity index (χ3n) is 6.37. The van der Waals surface area contributed by atoms with Gasteiger partial charge < -0.3 is 24.8 Å². The summed E-state index contributed by atoms with van der Waals surface area (Å²) in [4.78, 5) is 15.1. The molecule has 0 saturated carbocycles. The molecular formula is C25H40N2O4. The average Bonchev–Trinajstić information content (AvgIpc) is 3.28. The van der Waals surface area contributed by atoms with Crippen LogP contribution in [0.15, 0.2) is 18.2 Å². The highest BCUT2D eigenvalue weighted by molar-refractivity contribution is 5.76. The zero-order valence-corrected chi connectivity index (χ0v) is 19.3. The van der Waals surface area contributed by atoms with Gasteiger partial charge >= 0.3 is 0 Å². The molecule has 174 valence electrons. The van der Waals surface area contributed by atoms with Crippen LogP contribution in [-0.4, -0.2) is 54.8 Å². The summed E-state index contributed by atoms with van der Waals surface area (Å²) >= 11 is 0. The van der Waals surface area contributed by atoms with Gasteiger partial charge in [-0.15, -0.1) is 0 Å². The van der Waals surface area contributed by atoms with Gasteiger partial charge in [0.15, 0.2) is 11.5 Å². The summed E-state index contributed by atoms with van der Waals surface area (Å²) in [6.45, 7) is 8.12. The molecule has 0 aliphatic carbocycles. The Balaban J connectivity index is 1.61. The number of hydrogen-bond acceptors (Lipinski definition) is 5. The van der Waals surface area contributed by atoms with Crippen molar-refractivity contribution in [3.05, 3.63) is 23.8 Å². The molecule has 2 heterocycles. The van der Waals surface area contributed by atoms with Crippen molar-refractivity contribution >= 4 is 5.91 Å². The number of carbonyl (C=O) groups is 1. The molecule has 1 unspecified atom stereocenters. The van der Waals surface area contributed by atoms with Crippen LogP contribution in [0.1, 0.15) is 76.9 Å². The first-order valence-electron chi connectivity index (χ1n) is 12.2. The van der Waals surface area contributed by atoms with E-state index in [1.54, 1.807) is 0 Å². The van der Waals surface area contributed by atoms with E-state index in [0.717, 1.165) is 25.1 Å². The maximum atomic E-state index is 12.8. The molecule has 0 radical (unpaired) electrons. The van der Waals surface area contributed by atoms with Gasteiger partial charge in [-0.2, -0.15) is 0 Å². The average molecular weight is 433 g/mol. The smallest absolute Gasteiger partial charge is 0.220 e. The van der Waals surface area contributed by atoms with Crippen LogP contribution < -0.4 is 14.8 Å². The van der Waals surface area contributed by atoms with Crippen molar-refractivity contribution < 1.29 is 19.4 Å². The monoisotopic (exact) mass is 432 g/mol. The Bertz CT molecular complexity index is 690. The van der Waals surface area contributed by atoms with Gasteiger partial charge in [-0.05, 0) is 49.5 Å². The SMILES string of the molecule is CCCCCCC(C)CC(=O)N[C@H](CN1CCCC1)[C@H](O)c1ccc2c(c1)OCCO2. The molecule has 2 aliphatic heterocycles. The summed E-state index contributed by atoms with van der Waals surface area (Å²) in [5, 5.41) is 14.3. The Morgan fingerprint density at radius 3 is 2.61 bits per heavy atom. The topological polar surface area (TPSA) is 71.0 Å². The van der Waals surface area contributed by atoms with Crippen molar-refractivity contribution in [2.75, 3.05) is 32.8 Å². The van der Waals surface area contributed by atoms with E-state index in [2.05, 4.69) is 24.1 Å². The second-order valence-electron chi connectivity index (χ2n) is 9.19. The van der Waals surface area contributed by atoms with Gasteiger partial charge in [-0.1, -0.05) is 52.0 Å². The van der Waals surface area contributed by atoms with Gasteiger partial charge in [-0.25, -0.2) is 0 Å². The zero-order chi connectivity index (χ0) is 22.1. The van der Waals surface area contributed by atoms with Gasteiger partial charge in [0.05, 0.1) is 6.04 Å². The van der Waals surface area contributed by atoms with Gasteiger partial charge in [0, 0.05) is 13.0 Å². The third-order valence-corrected chi connectivity index (χ3v) is 6.37. The number of aliphatic hydroxyl groups is 1. The van der Waals surface area contributed by atoms with E-state index < -0.39 is 6.10 Å². The van der Waals surface area contributed by atoms with Crippen molar-refractivity contribution in [2.45, 2.75) is 77.4 Å². The molecule has 1 fully saturated rings. The third kappa shape index (κ3) is 7.39. The number of hydrogen-bond donors (Lipinski definition) is 2. The summed E-state index contributed by atoms with van der Waals surface area (Å²) < 4.78 is 11.3. The Kier molecular flexibility index (Phi) is 9.47. The Labute approximate surface area is 187 Å². The molecular weight excluding hydrogens is 392 g/mol. The van der Waals surface area contributed by atoms with E-state index >= 15 is 0 Å². The molecule has 3 rings (SSSR count). The highest BCUT2D eigenvalue weighted by Crippen LogP contribution is 2.33. The van der Waals surface area contributed by atoms with Gasteiger partial charge in [0.2, 0.25) is 5.91 Å². The molecule has 1 amide bonds. The summed E-state index contributed by atoms with van der Waals surface area (Å²) in [5.41, 5.74) is 0.751. The lowest BCUT2D eigenvalue weighted by Crippen LogP contribution is -2.47. The number of ether oxygens (including phenoxy) is 2. The van der Waals surface area contributed by atoms with Crippen LogP contribution >= 0.6 is 0 Å². The number of benzene rings is 1. The first-order chi connectivity index (χ1) is 15.1. The first kappa shape index (κ1) is 23.9. The van der Waals surface area contributed by atoms with E-state index in [4.69, 9.17) is 9.47 Å². The molecule has 0 spiro atoms. The van der Waals surface area contributed by atoms with Crippen LogP contribution in [-0.2, 0) is 4.79 Å². The lowest BCUT2D eigenvalue weighted by Gasteiger charge is -2.30. The maximum absolute atomic E-state index is 12.8. The quantitative estimate of drug-likeness (QED) is 0.487. The largest absolute Gasteiger partial charge is 0.486 e. The molecule has 31 heavy (non-hydrogen) atoms. The minimum atomic E-state index is -0.791. The fourth-order valence-corrected chi connectivity index (χ4v) is 4.55. The predicted octanol–water partition coefficient (Wildman–Crippen LogP) is 4.07. The molecule has 2 N–H and O–H groups in total. The Morgan fingerprint density at radius 2 is 1.87 bits per heavy atom. The predicted molar refractivity (Wildman–Crippen MR) is 123 cm³/mol. The minimum Gasteiger partial charge on any atom is -0.486 e. The van der Waals surface area contributed by atoms with Crippen LogP contribution in [0.4, 0.5) is 0 Å². The lowest BCUT2D eigenvalue weighted by atomic mass is 9.97. The molecule has 3 atom stereocenters. The van der Waals surface area contributed by atoms with Crippen molar-refractivity contribution in [1.82, 2.24) is 10.2 Å². The van der Waals surface area contributed by atoms with Crippen LogP contribution in [0.5, 0.6) is 11.5 Å². The number of unbranched alkanes of at least 4 members (excludes halogenated alkanes) is 3. The number of nitrogens with zero attached hydrogens (tertiary/aromatic N) is 1. The molecule has 1 aromatic carbocycles. The van der Waals surface area contributed by atoms with Crippen LogP contribution in [0.3, 0.4) is 0 Å². The van der Waals surface area contributed by atoms with Crippen molar-refractivity contribution in [3.63, 3.8) is 0 Å². The second kappa shape index (κ2) is 12.3. The number of nitrogens with one attached hydrogen (secondary N) is 1. The van der Waals surface area contributed by atoms with E-state index in [1.165, 1.54) is 38.5 Å². The molecule has 1 saturated heterocycles. The van der Waals surface area contributed by atoms with E-state index in [1.807, 2.05) is 18.2 Å². The fourth-order valence-electron chi connectivity index (χ4n) is 4.55. The summed E-state index contributed by atoms with van der Waals surface area (Å²) in [6.07, 6.45) is 8.06. The summed E-state index contributed by atoms with van der Waals surface area (Å²) in [6, 6.07) is 5.22. The van der Waals surface area contributed by atoms with E-state index in [0.29, 0.717) is 43.6 Å². The van der Waals surface area contributed by atoms with Crippen LogP contribution in [0.25, 0.3) is 0 Å². The standard InChI is InChI=1S/C25H40N2O4/c1-3-4-5-6-9-19(2)16-24(28)26-21(18-27-12-7-8-13-27)25(29)20-10-11-22-23(17-20)31-15-14-30-22/h10-11,17,19,21,25,29H,3-9,12-16,18H2,1-2H3,(H,26,28)/t19?,21-,25-/m1/s1. The van der Waals surface area contributed by atoms with Gasteiger partial charge in [-0.3, -0.25) is 4.79 Å². The summed E-state index contributed by atoms with van der Waals surface area (Å²) in [7, 11) is 0. The van der Waals surface area contributed by atoms with Crippen molar-refractivity contribution in [1.29, 1.82) is 0 Å². The number of fused-ring (bicyclic) bond motifs is 1. The summed E-state index contributed by atoms with van der Waals surface area (Å²) in [5.74, 6) is 1.76. The second-order valence-corrected chi connectivity index (χ2v) is 9.19. The fraction of sp³-hybridized carbons (Fsp3) is 0.720. The van der Waals surface area contributed by atoms with Crippen LogP contribution in [0, 0.1) is 5.92 Å². The Morgan fingerprint density at radius 1 is 1.13 bits per heavy atom. The highest BCUT2D eigenvalue weighted by atomic mass is 16.6.